The molecule has 0 saturated carbocycles. The summed E-state index contributed by atoms with van der Waals surface area (Å²) in [5.41, 5.74) is 5.32. The van der Waals surface area contributed by atoms with Crippen molar-refractivity contribution in [1.29, 1.82) is 0 Å². The molecule has 1 unspecified atom stereocenters. The maximum atomic E-state index is 11.5. The Bertz CT molecular complexity index is 458. The van der Waals surface area contributed by atoms with Crippen LogP contribution in [0.15, 0.2) is 11.1 Å². The standard InChI is InChI=1S/C8H9BrN4O2/c9-4-1-5(14)13(2-4)6-7(10)11-3-12-8(6)15/h3-4H,1-2H2,(H3,10,11,12,15). The number of halogens is 1. The van der Waals surface area contributed by atoms with Crippen molar-refractivity contribution in [3.63, 3.8) is 0 Å². The summed E-state index contributed by atoms with van der Waals surface area (Å²) < 4.78 is 0. The lowest BCUT2D eigenvalue weighted by molar-refractivity contribution is -0.117. The van der Waals surface area contributed by atoms with E-state index in [4.69, 9.17) is 5.73 Å². The van der Waals surface area contributed by atoms with Crippen LogP contribution in [0.2, 0.25) is 0 Å². The monoisotopic (exact) mass is 272 g/mol. The van der Waals surface area contributed by atoms with Gasteiger partial charge >= 0.3 is 0 Å². The number of anilines is 2. The lowest BCUT2D eigenvalue weighted by Gasteiger charge is -2.15. The maximum Gasteiger partial charge on any atom is 0.276 e. The molecule has 3 N–H and O–H groups in total. The van der Waals surface area contributed by atoms with Crippen molar-refractivity contribution < 1.29 is 4.79 Å². The summed E-state index contributed by atoms with van der Waals surface area (Å²) >= 11 is 3.33. The highest BCUT2D eigenvalue weighted by Gasteiger charge is 2.31. The zero-order valence-corrected chi connectivity index (χ0v) is 9.32. The summed E-state index contributed by atoms with van der Waals surface area (Å²) in [6.45, 7) is 0.442. The minimum atomic E-state index is -0.391. The van der Waals surface area contributed by atoms with E-state index in [0.29, 0.717) is 13.0 Å². The molecule has 1 aliphatic rings. The van der Waals surface area contributed by atoms with Crippen molar-refractivity contribution in [2.45, 2.75) is 11.2 Å². The van der Waals surface area contributed by atoms with Gasteiger partial charge in [-0.2, -0.15) is 0 Å². The van der Waals surface area contributed by atoms with Gasteiger partial charge in [0.05, 0.1) is 6.33 Å². The summed E-state index contributed by atoms with van der Waals surface area (Å²) in [4.78, 5) is 30.6. The number of hydrogen-bond donors (Lipinski definition) is 2. The van der Waals surface area contributed by atoms with Gasteiger partial charge < -0.3 is 15.6 Å². The second kappa shape index (κ2) is 3.65. The number of nitrogens with two attached hydrogens (primary N) is 1. The van der Waals surface area contributed by atoms with Crippen LogP contribution in [0.25, 0.3) is 0 Å². The third-order valence-corrected chi connectivity index (χ3v) is 2.82. The van der Waals surface area contributed by atoms with Crippen LogP contribution < -0.4 is 16.2 Å². The van der Waals surface area contributed by atoms with Crippen LogP contribution >= 0.6 is 15.9 Å². The lowest BCUT2D eigenvalue weighted by Crippen LogP contribution is -2.31. The van der Waals surface area contributed by atoms with Gasteiger partial charge in [0.2, 0.25) is 5.91 Å². The third kappa shape index (κ3) is 1.74. The molecule has 0 aliphatic carbocycles. The number of carbonyl (C=O) groups is 1. The highest BCUT2D eigenvalue weighted by atomic mass is 79.9. The van der Waals surface area contributed by atoms with Crippen molar-refractivity contribution >= 4 is 33.3 Å². The predicted molar refractivity (Wildman–Crippen MR) is 59.0 cm³/mol. The number of nitrogens with one attached hydrogen (secondary N) is 1. The van der Waals surface area contributed by atoms with Gasteiger partial charge in [-0.15, -0.1) is 0 Å². The molecule has 80 valence electrons. The topological polar surface area (TPSA) is 92.1 Å². The van der Waals surface area contributed by atoms with Gasteiger partial charge in [0.1, 0.15) is 0 Å². The number of carbonyl (C=O) groups excluding carboxylic acids is 1. The molecule has 0 spiro atoms. The number of aromatic nitrogens is 2. The minimum Gasteiger partial charge on any atom is -0.382 e. The fourth-order valence-corrected chi connectivity index (χ4v) is 2.11. The summed E-state index contributed by atoms with van der Waals surface area (Å²) in [6.07, 6.45) is 1.58. The Kier molecular flexibility index (Phi) is 2.47. The largest absolute Gasteiger partial charge is 0.382 e. The summed E-state index contributed by atoms with van der Waals surface area (Å²) in [6, 6.07) is 0. The molecule has 1 amide bonds. The number of amides is 1. The van der Waals surface area contributed by atoms with Gasteiger partial charge in [-0.3, -0.25) is 9.59 Å². The van der Waals surface area contributed by atoms with Crippen LogP contribution in [0.4, 0.5) is 11.5 Å². The highest BCUT2D eigenvalue weighted by Crippen LogP contribution is 2.24. The molecule has 15 heavy (non-hydrogen) atoms. The van der Waals surface area contributed by atoms with Crippen LogP contribution in [0, 0.1) is 0 Å². The van der Waals surface area contributed by atoms with E-state index < -0.39 is 5.56 Å². The van der Waals surface area contributed by atoms with Gasteiger partial charge in [0, 0.05) is 17.8 Å². The molecule has 1 aliphatic heterocycles. The SMILES string of the molecule is Nc1nc[nH]c(=O)c1N1CC(Br)CC1=O. The molecular formula is C8H9BrN4O2. The zero-order chi connectivity index (χ0) is 11.0. The molecule has 2 heterocycles. The first-order valence-electron chi connectivity index (χ1n) is 4.37. The minimum absolute atomic E-state index is 0.0593. The van der Waals surface area contributed by atoms with E-state index in [1.54, 1.807) is 0 Å². The quantitative estimate of drug-likeness (QED) is 0.696. The normalized spacial score (nSPS) is 21.0. The first kappa shape index (κ1) is 10.2. The van der Waals surface area contributed by atoms with Crippen LogP contribution in [0.5, 0.6) is 0 Å². The number of nitrogens with zero attached hydrogens (tertiary/aromatic N) is 2. The smallest absolute Gasteiger partial charge is 0.276 e. The van der Waals surface area contributed by atoms with Gasteiger partial charge in [0.25, 0.3) is 5.56 Å². The molecule has 0 radical (unpaired) electrons. The van der Waals surface area contributed by atoms with Crippen LogP contribution in [0.1, 0.15) is 6.42 Å². The lowest BCUT2D eigenvalue weighted by atomic mass is 10.4. The summed E-state index contributed by atoms with van der Waals surface area (Å²) in [5.74, 6) is -0.0456. The predicted octanol–water partition coefficient (Wildman–Crippen LogP) is -0.148. The zero-order valence-electron chi connectivity index (χ0n) is 7.74. The van der Waals surface area contributed by atoms with E-state index in [1.807, 2.05) is 0 Å². The number of hydrogen-bond acceptors (Lipinski definition) is 4. The average molecular weight is 273 g/mol. The Labute approximate surface area is 93.6 Å². The van der Waals surface area contributed by atoms with E-state index in [9.17, 15) is 9.59 Å². The van der Waals surface area contributed by atoms with Crippen LogP contribution in [-0.2, 0) is 4.79 Å². The third-order valence-electron chi connectivity index (χ3n) is 2.20. The van der Waals surface area contributed by atoms with E-state index in [2.05, 4.69) is 25.9 Å². The number of nitrogen functional groups attached to an aromatic ring is 1. The number of rotatable bonds is 1. The number of H-pyrrole nitrogens is 1. The van der Waals surface area contributed by atoms with Crippen LogP contribution in [-0.4, -0.2) is 27.2 Å². The molecule has 1 aromatic heterocycles. The molecule has 0 bridgehead atoms. The fourth-order valence-electron chi connectivity index (χ4n) is 1.55. The second-order valence-electron chi connectivity index (χ2n) is 3.27. The van der Waals surface area contributed by atoms with Gasteiger partial charge in [-0.1, -0.05) is 15.9 Å². The molecule has 0 aromatic carbocycles. The second-order valence-corrected chi connectivity index (χ2v) is 4.57. The molecule has 1 saturated heterocycles. The number of alkyl halides is 1. The van der Waals surface area contributed by atoms with Crippen molar-refractivity contribution in [3.8, 4) is 0 Å². The Balaban J connectivity index is 2.46. The molecule has 6 nitrogen and oxygen atoms in total. The summed E-state index contributed by atoms with van der Waals surface area (Å²) in [5, 5.41) is 0. The fraction of sp³-hybridized carbons (Fsp3) is 0.375. The molecular weight excluding hydrogens is 264 g/mol. The van der Waals surface area contributed by atoms with E-state index in [0.717, 1.165) is 0 Å². The molecule has 1 atom stereocenters. The molecule has 1 fully saturated rings. The Morgan fingerprint density at radius 3 is 2.87 bits per heavy atom. The van der Waals surface area contributed by atoms with Gasteiger partial charge in [-0.05, 0) is 0 Å². The van der Waals surface area contributed by atoms with E-state index in [1.165, 1.54) is 11.2 Å². The highest BCUT2D eigenvalue weighted by molar-refractivity contribution is 9.09. The van der Waals surface area contributed by atoms with Crippen molar-refractivity contribution in [1.82, 2.24) is 9.97 Å². The van der Waals surface area contributed by atoms with Gasteiger partial charge in [0.15, 0.2) is 11.5 Å². The average Bonchev–Trinajstić information content (AvgIpc) is 2.45. The first-order chi connectivity index (χ1) is 7.09. The molecule has 7 heteroatoms. The number of aromatic amines is 1. The summed E-state index contributed by atoms with van der Waals surface area (Å²) in [7, 11) is 0. The van der Waals surface area contributed by atoms with E-state index >= 15 is 0 Å². The van der Waals surface area contributed by atoms with Gasteiger partial charge in [-0.25, -0.2) is 4.98 Å². The Morgan fingerprint density at radius 2 is 2.33 bits per heavy atom. The first-order valence-corrected chi connectivity index (χ1v) is 5.28. The Hall–Kier alpha value is -1.37. The Morgan fingerprint density at radius 1 is 1.60 bits per heavy atom. The van der Waals surface area contributed by atoms with Crippen LogP contribution in [0.3, 0.4) is 0 Å². The maximum absolute atomic E-state index is 11.5. The van der Waals surface area contributed by atoms with E-state index in [-0.39, 0.29) is 22.2 Å². The van der Waals surface area contributed by atoms with Crippen molar-refractivity contribution in [3.05, 3.63) is 16.7 Å². The molecule has 2 rings (SSSR count). The van der Waals surface area contributed by atoms with Crippen molar-refractivity contribution in [2.75, 3.05) is 17.2 Å². The molecule has 1 aromatic rings. The van der Waals surface area contributed by atoms with Crippen molar-refractivity contribution in [2.24, 2.45) is 0 Å².